The third-order valence-electron chi connectivity index (χ3n) is 7.00. The second-order valence-corrected chi connectivity index (χ2v) is 10.8. The first-order valence-electron chi connectivity index (χ1n) is 13.5. The number of fused-ring (bicyclic) bond motifs is 6. The fourth-order valence-corrected chi connectivity index (χ4v) is 5.61. The van der Waals surface area contributed by atoms with Crippen molar-refractivity contribution in [2.75, 3.05) is 11.9 Å². The number of esters is 1. The number of phenols is 2. The molecule has 3 aromatic carbocycles. The Kier molecular flexibility index (Phi) is 9.14. The minimum Gasteiger partial charge on any atom is -0.508 e. The predicted octanol–water partition coefficient (Wildman–Crippen LogP) is 5.32. The van der Waals surface area contributed by atoms with Crippen LogP contribution in [0.5, 0.6) is 23.0 Å². The Hall–Kier alpha value is -4.15. The molecule has 0 amide bonds. The minimum atomic E-state index is -1.28. The molecule has 3 aromatic rings. The summed E-state index contributed by atoms with van der Waals surface area (Å²) in [6, 6.07) is 15.8. The molecule has 1 spiro atoms. The Bertz CT molecular complexity index is 1390. The van der Waals surface area contributed by atoms with Crippen LogP contribution in [0.1, 0.15) is 67.1 Å². The third-order valence-corrected chi connectivity index (χ3v) is 7.25. The summed E-state index contributed by atoms with van der Waals surface area (Å²) in [5.41, 5.74) is 1.59. The van der Waals surface area contributed by atoms with E-state index in [2.05, 4.69) is 36.7 Å². The molecule has 2 aliphatic rings. The van der Waals surface area contributed by atoms with Gasteiger partial charge in [0.15, 0.2) is 10.7 Å². The van der Waals surface area contributed by atoms with Crippen LogP contribution in [0.15, 0.2) is 54.6 Å². The van der Waals surface area contributed by atoms with Gasteiger partial charge in [-0.25, -0.2) is 4.79 Å². The molecule has 0 saturated carbocycles. The first kappa shape index (κ1) is 29.8. The fourth-order valence-electron chi connectivity index (χ4n) is 5.39. The first-order valence-corrected chi connectivity index (χ1v) is 13.9. The van der Waals surface area contributed by atoms with Gasteiger partial charge in [0, 0.05) is 53.1 Å². The summed E-state index contributed by atoms with van der Waals surface area (Å²) in [5, 5.41) is 30.5. The molecule has 5 N–H and O–H groups in total. The second-order valence-electron chi connectivity index (χ2n) is 10.4. The SMILES string of the molecule is C=O.CC(C)NC(C)CCCCNC(=S)Nc1ccc2c(c1)C(=O)OC21c2ccc(O)cc2Oc2cc(O)ccc21. The smallest absolute Gasteiger partial charge is 0.340 e. The molecular weight excluding hydrogens is 542 g/mol. The number of thiocarbonyl (C=S) groups is 1. The molecule has 1 atom stereocenters. The van der Waals surface area contributed by atoms with Crippen molar-refractivity contribution in [3.63, 3.8) is 0 Å². The molecule has 41 heavy (non-hydrogen) atoms. The second kappa shape index (κ2) is 12.6. The van der Waals surface area contributed by atoms with Crippen LogP contribution in [0.25, 0.3) is 0 Å². The molecule has 2 heterocycles. The number of anilines is 1. The van der Waals surface area contributed by atoms with Crippen LogP contribution in [0.3, 0.4) is 0 Å². The average Bonchev–Trinajstić information content (AvgIpc) is 3.20. The highest BCUT2D eigenvalue weighted by atomic mass is 32.1. The van der Waals surface area contributed by atoms with Gasteiger partial charge in [-0.2, -0.15) is 0 Å². The van der Waals surface area contributed by atoms with Crippen molar-refractivity contribution in [3.8, 4) is 23.0 Å². The topological polar surface area (TPSA) is 129 Å². The van der Waals surface area contributed by atoms with E-state index < -0.39 is 11.6 Å². The number of aromatic hydroxyl groups is 2. The number of hydrogen-bond acceptors (Lipinski definition) is 8. The van der Waals surface area contributed by atoms with Crippen LogP contribution in [0, 0.1) is 0 Å². The Labute approximate surface area is 244 Å². The summed E-state index contributed by atoms with van der Waals surface area (Å²) >= 11 is 5.48. The number of benzene rings is 3. The number of ether oxygens (including phenoxy) is 2. The lowest BCUT2D eigenvalue weighted by Crippen LogP contribution is -2.33. The largest absolute Gasteiger partial charge is 0.508 e. The molecule has 0 saturated heterocycles. The highest BCUT2D eigenvalue weighted by Gasteiger charge is 2.53. The van der Waals surface area contributed by atoms with Crippen molar-refractivity contribution in [2.45, 2.75) is 57.7 Å². The highest BCUT2D eigenvalue weighted by Crippen LogP contribution is 2.57. The first-order chi connectivity index (χ1) is 19.7. The maximum atomic E-state index is 13.3. The van der Waals surface area contributed by atoms with Crippen molar-refractivity contribution in [1.82, 2.24) is 10.6 Å². The molecular formula is C31H35N3O6S. The van der Waals surface area contributed by atoms with E-state index >= 15 is 0 Å². The van der Waals surface area contributed by atoms with Crippen LogP contribution < -0.4 is 20.7 Å². The van der Waals surface area contributed by atoms with E-state index in [-0.39, 0.29) is 11.5 Å². The summed E-state index contributed by atoms with van der Waals surface area (Å²) < 4.78 is 12.1. The summed E-state index contributed by atoms with van der Waals surface area (Å²) in [4.78, 5) is 21.3. The third kappa shape index (κ3) is 6.13. The van der Waals surface area contributed by atoms with Crippen LogP contribution >= 0.6 is 12.2 Å². The number of hydrogen-bond donors (Lipinski definition) is 5. The quantitative estimate of drug-likeness (QED) is 0.136. The average molecular weight is 578 g/mol. The van der Waals surface area contributed by atoms with Crippen molar-refractivity contribution in [3.05, 3.63) is 76.9 Å². The molecule has 2 aliphatic heterocycles. The predicted molar refractivity (Wildman–Crippen MR) is 161 cm³/mol. The van der Waals surface area contributed by atoms with E-state index in [4.69, 9.17) is 26.5 Å². The zero-order valence-corrected chi connectivity index (χ0v) is 24.1. The maximum Gasteiger partial charge on any atom is 0.340 e. The van der Waals surface area contributed by atoms with E-state index in [1.165, 1.54) is 24.3 Å². The van der Waals surface area contributed by atoms with Gasteiger partial charge in [-0.15, -0.1) is 0 Å². The van der Waals surface area contributed by atoms with Crippen molar-refractivity contribution in [2.24, 2.45) is 0 Å². The van der Waals surface area contributed by atoms with Crippen LogP contribution in [-0.2, 0) is 15.1 Å². The molecule has 9 nitrogen and oxygen atoms in total. The van der Waals surface area contributed by atoms with Gasteiger partial charge >= 0.3 is 5.97 Å². The van der Waals surface area contributed by atoms with Gasteiger partial charge in [-0.1, -0.05) is 26.3 Å². The number of carbonyl (C=O) groups excluding carboxylic acids is 2. The van der Waals surface area contributed by atoms with Crippen LogP contribution in [-0.4, -0.2) is 46.7 Å². The van der Waals surface area contributed by atoms with Crippen LogP contribution in [0.4, 0.5) is 5.69 Å². The number of nitrogens with one attached hydrogen (secondary N) is 3. The molecule has 216 valence electrons. The lowest BCUT2D eigenvalue weighted by molar-refractivity contribution is -0.0980. The van der Waals surface area contributed by atoms with Gasteiger partial charge in [-0.05, 0) is 68.4 Å². The Morgan fingerprint density at radius 2 is 1.54 bits per heavy atom. The summed E-state index contributed by atoms with van der Waals surface area (Å²) in [7, 11) is 0. The standard InChI is InChI=1S/C30H33N3O5S.CH2O/c1-17(2)32-18(3)6-4-5-13-31-29(39)33-19-7-10-23-22(14-19)28(36)38-30(23)24-11-8-20(34)15-26(24)37-27-16-21(35)9-12-25(27)30;1-2/h7-12,14-18,32,34-35H,4-6,13H2,1-3H3,(H2,31,33,39);1H2. The molecule has 0 aliphatic carbocycles. The Morgan fingerprint density at radius 3 is 2.15 bits per heavy atom. The van der Waals surface area contributed by atoms with Gasteiger partial charge in [0.05, 0.1) is 5.56 Å². The monoisotopic (exact) mass is 577 g/mol. The van der Waals surface area contributed by atoms with E-state index in [0.717, 1.165) is 25.8 Å². The van der Waals surface area contributed by atoms with Gasteiger partial charge in [-0.3, -0.25) is 0 Å². The zero-order valence-electron chi connectivity index (χ0n) is 23.3. The number of unbranched alkanes of at least 4 members (excludes halogenated alkanes) is 1. The summed E-state index contributed by atoms with van der Waals surface area (Å²) in [5.74, 6) is 0.224. The van der Waals surface area contributed by atoms with Crippen molar-refractivity contribution < 1.29 is 29.3 Å². The van der Waals surface area contributed by atoms with Gasteiger partial charge in [0.1, 0.15) is 29.8 Å². The summed E-state index contributed by atoms with van der Waals surface area (Å²) in [6.45, 7) is 9.26. The van der Waals surface area contributed by atoms with Crippen molar-refractivity contribution >= 4 is 35.8 Å². The number of rotatable bonds is 8. The van der Waals surface area contributed by atoms with Gasteiger partial charge in [0.25, 0.3) is 0 Å². The molecule has 0 bridgehead atoms. The van der Waals surface area contributed by atoms with Crippen LogP contribution in [0.2, 0.25) is 0 Å². The van der Waals surface area contributed by atoms with E-state index in [9.17, 15) is 15.0 Å². The normalized spacial score (nSPS) is 14.5. The van der Waals surface area contributed by atoms with E-state index in [0.29, 0.717) is 56.6 Å². The van der Waals surface area contributed by atoms with E-state index in [1.807, 2.05) is 18.9 Å². The van der Waals surface area contributed by atoms with Crippen molar-refractivity contribution in [1.29, 1.82) is 0 Å². The number of phenolic OH excluding ortho intramolecular Hbond substituents is 2. The Morgan fingerprint density at radius 1 is 0.927 bits per heavy atom. The molecule has 10 heteroatoms. The fraction of sp³-hybridized carbons (Fsp3) is 0.323. The molecule has 0 aromatic heterocycles. The lowest BCUT2D eigenvalue weighted by Gasteiger charge is -2.36. The van der Waals surface area contributed by atoms with Gasteiger partial charge < -0.3 is 40.4 Å². The highest BCUT2D eigenvalue weighted by molar-refractivity contribution is 7.80. The number of carbonyl (C=O) groups is 2. The zero-order chi connectivity index (χ0) is 29.7. The maximum absolute atomic E-state index is 13.3. The Balaban J connectivity index is 0.00000189. The lowest BCUT2D eigenvalue weighted by atomic mass is 9.77. The van der Waals surface area contributed by atoms with E-state index in [1.54, 1.807) is 18.2 Å². The molecule has 5 rings (SSSR count). The summed E-state index contributed by atoms with van der Waals surface area (Å²) in [6.07, 6.45) is 3.19. The molecule has 0 radical (unpaired) electrons. The molecule has 0 fully saturated rings. The minimum absolute atomic E-state index is 0.0133. The molecule has 1 unspecified atom stereocenters. The van der Waals surface area contributed by atoms with Gasteiger partial charge in [0.2, 0.25) is 0 Å².